The fourth-order valence-electron chi connectivity index (χ4n) is 5.76. The second kappa shape index (κ2) is 13.0. The van der Waals surface area contributed by atoms with Crippen molar-refractivity contribution in [2.24, 2.45) is 0 Å². The molecule has 4 atom stereocenters. The lowest BCUT2D eigenvalue weighted by atomic mass is 9.79. The van der Waals surface area contributed by atoms with Gasteiger partial charge in [-0.1, -0.05) is 12.1 Å². The van der Waals surface area contributed by atoms with Gasteiger partial charge in [0.25, 0.3) is 0 Å². The third kappa shape index (κ3) is 7.76. The van der Waals surface area contributed by atoms with E-state index in [1.54, 1.807) is 20.8 Å². The van der Waals surface area contributed by atoms with Crippen LogP contribution >= 0.6 is 0 Å². The Bertz CT molecular complexity index is 1290. The van der Waals surface area contributed by atoms with Crippen LogP contribution in [0.25, 0.3) is 0 Å². The smallest absolute Gasteiger partial charge is 0.494 e. The zero-order valence-electron chi connectivity index (χ0n) is 26.7. The van der Waals surface area contributed by atoms with E-state index in [0.29, 0.717) is 19.6 Å². The number of benzene rings is 2. The van der Waals surface area contributed by atoms with Crippen molar-refractivity contribution in [3.63, 3.8) is 0 Å². The van der Waals surface area contributed by atoms with Gasteiger partial charge in [0.2, 0.25) is 0 Å². The summed E-state index contributed by atoms with van der Waals surface area (Å²) >= 11 is 0. The van der Waals surface area contributed by atoms with Gasteiger partial charge >= 0.3 is 13.2 Å². The summed E-state index contributed by atoms with van der Waals surface area (Å²) in [5.74, 6) is -0.389. The Kier molecular flexibility index (Phi) is 10.1. The largest absolute Gasteiger partial charge is 1.00 e. The molecular weight excluding hydrogens is 568 g/mol. The number of amides is 1. The molecule has 12 heteroatoms. The van der Waals surface area contributed by atoms with Crippen molar-refractivity contribution in [1.82, 2.24) is 10.2 Å². The minimum Gasteiger partial charge on any atom is -1.00 e. The van der Waals surface area contributed by atoms with Crippen molar-refractivity contribution in [2.45, 2.75) is 102 Å². The Labute approximate surface area is 261 Å². The number of rotatable bonds is 6. The van der Waals surface area contributed by atoms with Gasteiger partial charge < -0.3 is 37.2 Å². The van der Waals surface area contributed by atoms with E-state index < -0.39 is 53.8 Å². The predicted molar refractivity (Wildman–Crippen MR) is 165 cm³/mol. The van der Waals surface area contributed by atoms with Gasteiger partial charge in [-0.15, -0.1) is 0 Å². The van der Waals surface area contributed by atoms with E-state index in [9.17, 15) is 13.6 Å². The highest BCUT2D eigenvalue weighted by atomic mass is 19.1. The molecule has 2 aromatic carbocycles. The third-order valence-corrected chi connectivity index (χ3v) is 8.73. The van der Waals surface area contributed by atoms with Crippen LogP contribution < -0.4 is 15.5 Å². The second-order valence-electron chi connectivity index (χ2n) is 13.7. The highest BCUT2D eigenvalue weighted by Crippen LogP contribution is 2.37. The molecule has 0 bridgehead atoms. The molecule has 3 heterocycles. The standard InChI is InChI=1S/C32H43BF2N2O6.B/c1-30(2,3)41-29(38)36-27-17-22(19-39-28(27)25-16-21(34)10-13-26(25)35)37-15-14-24(18-37)40-23-11-8-20(9-12-23)33-42-31(4,5)32(6,7)43-33;/h8-13,16,22,24,27-28H,14-15,17-19H2,1-7H3,(H,36,38);/q;-1/t22-,24-,27+,28-;/m1./s1. The van der Waals surface area contributed by atoms with Gasteiger partial charge in [-0.05, 0) is 97.1 Å². The molecule has 3 aliphatic heterocycles. The van der Waals surface area contributed by atoms with Crippen molar-refractivity contribution in [1.29, 1.82) is 0 Å². The van der Waals surface area contributed by atoms with Crippen molar-refractivity contribution in [3.8, 4) is 5.75 Å². The number of nitrogens with one attached hydrogen (secondary N) is 1. The van der Waals surface area contributed by atoms with Crippen LogP contribution in [-0.2, 0) is 18.8 Å². The Morgan fingerprint density at radius 2 is 1.70 bits per heavy atom. The number of carbonyl (C=O) groups is 1. The second-order valence-corrected chi connectivity index (χ2v) is 13.7. The van der Waals surface area contributed by atoms with Gasteiger partial charge in [0.1, 0.15) is 35.2 Å². The van der Waals surface area contributed by atoms with Gasteiger partial charge in [-0.3, -0.25) is 4.90 Å². The summed E-state index contributed by atoms with van der Waals surface area (Å²) in [6, 6.07) is 10.4. The fraction of sp³-hybridized carbons (Fsp3) is 0.594. The molecule has 238 valence electrons. The summed E-state index contributed by atoms with van der Waals surface area (Å²) in [6.45, 7) is 15.2. The van der Waals surface area contributed by atoms with Crippen LogP contribution in [0.2, 0.25) is 0 Å². The molecule has 3 aliphatic rings. The molecular formula is C32H43B2F2N2O6-. The zero-order valence-corrected chi connectivity index (χ0v) is 26.7. The molecule has 0 saturated carbocycles. The number of halogens is 2. The molecule has 0 aromatic heterocycles. The number of likely N-dealkylation sites (tertiary alicyclic amines) is 1. The summed E-state index contributed by atoms with van der Waals surface area (Å²) in [5, 5.41) is 2.86. The van der Waals surface area contributed by atoms with E-state index in [0.717, 1.165) is 42.4 Å². The zero-order chi connectivity index (χ0) is 31.2. The maximum absolute atomic E-state index is 14.7. The number of hydrogen-bond acceptors (Lipinski definition) is 7. The molecule has 2 aromatic rings. The summed E-state index contributed by atoms with van der Waals surface area (Å²) in [4.78, 5) is 15.0. The minimum absolute atomic E-state index is 0. The van der Waals surface area contributed by atoms with Crippen molar-refractivity contribution < 1.29 is 37.1 Å². The van der Waals surface area contributed by atoms with Gasteiger partial charge in [-0.2, -0.15) is 0 Å². The molecule has 1 N–H and O–H groups in total. The molecule has 0 spiro atoms. The molecule has 5 rings (SSSR count). The lowest BCUT2D eigenvalue weighted by Gasteiger charge is -2.40. The van der Waals surface area contributed by atoms with Crippen LogP contribution in [0.5, 0.6) is 5.75 Å². The summed E-state index contributed by atoms with van der Waals surface area (Å²) in [5.41, 5.74) is -0.510. The van der Waals surface area contributed by atoms with E-state index in [-0.39, 0.29) is 26.1 Å². The number of carbonyl (C=O) groups excluding carboxylic acids is 1. The van der Waals surface area contributed by atoms with Crippen molar-refractivity contribution >= 4 is 27.1 Å². The van der Waals surface area contributed by atoms with Crippen molar-refractivity contribution in [2.75, 3.05) is 19.7 Å². The Morgan fingerprint density at radius 1 is 1.05 bits per heavy atom. The molecule has 1 amide bonds. The van der Waals surface area contributed by atoms with E-state index in [2.05, 4.69) is 10.2 Å². The van der Waals surface area contributed by atoms with E-state index in [1.165, 1.54) is 0 Å². The first kappa shape index (κ1) is 34.2. The summed E-state index contributed by atoms with van der Waals surface area (Å²) in [6.07, 6.45) is -0.207. The predicted octanol–water partition coefficient (Wildman–Crippen LogP) is 4.76. The number of nitrogens with zero attached hydrogens (tertiary/aromatic N) is 1. The molecule has 44 heavy (non-hydrogen) atoms. The number of alkyl carbamates (subject to hydrolysis) is 1. The molecule has 0 aliphatic carbocycles. The number of hydrogen-bond donors (Lipinski definition) is 1. The highest BCUT2D eigenvalue weighted by Gasteiger charge is 2.51. The third-order valence-electron chi connectivity index (χ3n) is 8.73. The minimum atomic E-state index is -0.850. The maximum Gasteiger partial charge on any atom is 0.494 e. The van der Waals surface area contributed by atoms with Crippen LogP contribution in [0, 0.1) is 11.6 Å². The normalized spacial score (nSPS) is 26.6. The average molecular weight is 611 g/mol. The van der Waals surface area contributed by atoms with Crippen LogP contribution in [0.15, 0.2) is 42.5 Å². The van der Waals surface area contributed by atoms with E-state index in [4.69, 9.17) is 23.5 Å². The lowest BCUT2D eigenvalue weighted by Crippen LogP contribution is -2.52. The molecule has 0 unspecified atom stereocenters. The molecule has 3 fully saturated rings. The number of ether oxygens (including phenoxy) is 3. The Hall–Kier alpha value is -2.66. The Balaban J connectivity index is 0.00000442. The lowest BCUT2D eigenvalue weighted by molar-refractivity contribution is -0.0584. The van der Waals surface area contributed by atoms with Gasteiger partial charge in [0, 0.05) is 24.7 Å². The molecule has 3 saturated heterocycles. The summed E-state index contributed by atoms with van der Waals surface area (Å²) in [7, 11) is -0.431. The fourth-order valence-corrected chi connectivity index (χ4v) is 5.76. The maximum atomic E-state index is 14.7. The quantitative estimate of drug-likeness (QED) is 0.473. The first-order valence-corrected chi connectivity index (χ1v) is 15.0. The van der Waals surface area contributed by atoms with E-state index in [1.807, 2.05) is 52.0 Å². The van der Waals surface area contributed by atoms with Gasteiger partial charge in [0.05, 0.1) is 23.9 Å². The first-order chi connectivity index (χ1) is 20.1. The van der Waals surface area contributed by atoms with Gasteiger partial charge in [-0.25, -0.2) is 13.6 Å². The topological polar surface area (TPSA) is 78.5 Å². The summed E-state index contributed by atoms with van der Waals surface area (Å²) < 4.78 is 59.0. The first-order valence-electron chi connectivity index (χ1n) is 15.0. The van der Waals surface area contributed by atoms with Crippen LogP contribution in [0.3, 0.4) is 0 Å². The van der Waals surface area contributed by atoms with Gasteiger partial charge in [0.15, 0.2) is 0 Å². The average Bonchev–Trinajstić information content (AvgIpc) is 3.45. The van der Waals surface area contributed by atoms with Crippen LogP contribution in [0.4, 0.5) is 13.6 Å². The Morgan fingerprint density at radius 3 is 2.34 bits per heavy atom. The highest BCUT2D eigenvalue weighted by molar-refractivity contribution is 6.62. The molecule has 8 nitrogen and oxygen atoms in total. The van der Waals surface area contributed by atoms with Crippen LogP contribution in [0.1, 0.15) is 73.0 Å². The monoisotopic (exact) mass is 611 g/mol. The van der Waals surface area contributed by atoms with Crippen molar-refractivity contribution in [3.05, 3.63) is 59.7 Å². The molecule has 4 radical (unpaired) electrons. The van der Waals surface area contributed by atoms with E-state index >= 15 is 0 Å². The van der Waals surface area contributed by atoms with Crippen LogP contribution in [-0.4, -0.2) is 81.2 Å². The SMILES string of the molecule is CC(C)(C)OC(=O)N[C@H]1C[C@@H](N2CC[C@@H](Oc3ccc(B4OC(C)(C)C(C)(C)O4)cc3)C2)CO[C@@H]1c1cc(F)ccc1F.[B-].